The molecule has 1 N–H and O–H groups in total. The number of imidazole rings is 1. The molecule has 0 aliphatic heterocycles. The molecule has 2 saturated carbocycles. The minimum absolute atomic E-state index is 0.343. The second kappa shape index (κ2) is 3.84. The van der Waals surface area contributed by atoms with Crippen LogP contribution in [0.3, 0.4) is 0 Å². The van der Waals surface area contributed by atoms with Gasteiger partial charge >= 0.3 is 5.97 Å². The molecule has 0 amide bonds. The van der Waals surface area contributed by atoms with Crippen LogP contribution in [0.1, 0.15) is 41.9 Å². The van der Waals surface area contributed by atoms with Crippen LogP contribution < -0.4 is 0 Å². The summed E-state index contributed by atoms with van der Waals surface area (Å²) in [6.45, 7) is 3.02. The van der Waals surface area contributed by atoms with Gasteiger partial charge in [-0.1, -0.05) is 0 Å². The van der Waals surface area contributed by atoms with Crippen LogP contribution in [0.4, 0.5) is 0 Å². The first-order chi connectivity index (χ1) is 9.59. The Morgan fingerprint density at radius 3 is 2.80 bits per heavy atom. The summed E-state index contributed by atoms with van der Waals surface area (Å²) in [5, 5.41) is 9.16. The van der Waals surface area contributed by atoms with Gasteiger partial charge in [-0.25, -0.2) is 9.78 Å². The minimum atomic E-state index is -0.874. The van der Waals surface area contributed by atoms with Gasteiger partial charge in [-0.2, -0.15) is 0 Å². The van der Waals surface area contributed by atoms with Crippen LogP contribution in [-0.4, -0.2) is 20.6 Å². The average Bonchev–Trinajstić information content (AvgIpc) is 3.29. The van der Waals surface area contributed by atoms with Gasteiger partial charge in [0.05, 0.1) is 16.6 Å². The minimum Gasteiger partial charge on any atom is -0.478 e. The van der Waals surface area contributed by atoms with E-state index < -0.39 is 5.97 Å². The number of carbonyl (C=O) groups is 1. The summed E-state index contributed by atoms with van der Waals surface area (Å²) in [6.07, 6.45) is 5.36. The fourth-order valence-corrected chi connectivity index (χ4v) is 3.44. The number of nitrogens with zero attached hydrogens (tertiary/aromatic N) is 2. The molecule has 1 heterocycles. The second-order valence-electron chi connectivity index (χ2n) is 6.39. The highest BCUT2D eigenvalue weighted by Crippen LogP contribution is 2.62. The normalized spacial score (nSPS) is 20.2. The topological polar surface area (TPSA) is 55.1 Å². The van der Waals surface area contributed by atoms with E-state index in [0.29, 0.717) is 11.0 Å². The maximum Gasteiger partial charge on any atom is 0.335 e. The van der Waals surface area contributed by atoms with E-state index in [1.54, 1.807) is 12.1 Å². The molecule has 4 rings (SSSR count). The molecule has 0 spiro atoms. The third-order valence-electron chi connectivity index (χ3n) is 4.99. The third-order valence-corrected chi connectivity index (χ3v) is 4.99. The molecule has 0 atom stereocenters. The Balaban J connectivity index is 1.79. The summed E-state index contributed by atoms with van der Waals surface area (Å²) in [5.74, 6) is 1.01. The lowest BCUT2D eigenvalue weighted by atomic mass is 10.0. The van der Waals surface area contributed by atoms with E-state index in [2.05, 4.69) is 9.55 Å². The van der Waals surface area contributed by atoms with Crippen molar-refractivity contribution in [3.63, 3.8) is 0 Å². The van der Waals surface area contributed by atoms with Crippen molar-refractivity contribution in [3.8, 4) is 0 Å². The predicted molar refractivity (Wildman–Crippen MR) is 75.8 cm³/mol. The molecule has 0 bridgehead atoms. The molecular formula is C16H18N2O2. The molecule has 4 nitrogen and oxygen atoms in total. The molecule has 0 unspecified atom stereocenters. The first kappa shape index (κ1) is 11.9. The lowest BCUT2D eigenvalue weighted by molar-refractivity contribution is 0.0697. The number of aryl methyl sites for hydroxylation is 1. The van der Waals surface area contributed by atoms with Crippen molar-refractivity contribution >= 4 is 17.0 Å². The molecule has 1 aromatic heterocycles. The molecule has 0 radical (unpaired) electrons. The Hall–Kier alpha value is -1.84. The van der Waals surface area contributed by atoms with Crippen LogP contribution in [0, 0.1) is 18.3 Å². The molecule has 2 aromatic rings. The van der Waals surface area contributed by atoms with Gasteiger partial charge in [-0.05, 0) is 62.1 Å². The number of hydrogen-bond acceptors (Lipinski definition) is 2. The van der Waals surface area contributed by atoms with Gasteiger partial charge in [0.15, 0.2) is 0 Å². The van der Waals surface area contributed by atoms with Crippen molar-refractivity contribution in [2.45, 2.75) is 39.2 Å². The highest BCUT2D eigenvalue weighted by molar-refractivity contribution is 5.92. The summed E-state index contributed by atoms with van der Waals surface area (Å²) in [4.78, 5) is 15.7. The predicted octanol–water partition coefficient (Wildman–Crippen LogP) is 3.23. The van der Waals surface area contributed by atoms with Crippen molar-refractivity contribution < 1.29 is 9.90 Å². The molecule has 2 aliphatic carbocycles. The van der Waals surface area contributed by atoms with Crippen molar-refractivity contribution in [2.24, 2.45) is 11.3 Å². The maximum atomic E-state index is 11.1. The summed E-state index contributed by atoms with van der Waals surface area (Å²) >= 11 is 0. The van der Waals surface area contributed by atoms with Crippen LogP contribution in [0.15, 0.2) is 18.2 Å². The molecule has 1 aromatic carbocycles. The van der Waals surface area contributed by atoms with E-state index in [4.69, 9.17) is 5.11 Å². The quantitative estimate of drug-likeness (QED) is 0.928. The molecule has 104 valence electrons. The van der Waals surface area contributed by atoms with Gasteiger partial charge in [0.1, 0.15) is 5.82 Å². The number of aromatic carboxylic acids is 1. The Morgan fingerprint density at radius 1 is 1.45 bits per heavy atom. The number of carboxylic acid groups (broad SMARTS) is 1. The summed E-state index contributed by atoms with van der Waals surface area (Å²) in [7, 11) is 0. The van der Waals surface area contributed by atoms with Crippen molar-refractivity contribution in [1.82, 2.24) is 9.55 Å². The van der Waals surface area contributed by atoms with Crippen molar-refractivity contribution in [3.05, 3.63) is 29.6 Å². The first-order valence-electron chi connectivity index (χ1n) is 7.29. The number of benzene rings is 1. The van der Waals surface area contributed by atoms with Crippen molar-refractivity contribution in [2.75, 3.05) is 0 Å². The average molecular weight is 270 g/mol. The fraction of sp³-hybridized carbons (Fsp3) is 0.500. The Bertz CT molecular complexity index is 709. The number of aromatic nitrogens is 2. The molecule has 0 saturated heterocycles. The SMILES string of the molecule is Cc1nc2ccc(C(=O)O)cc2n1CC1(C2CC2)CC1. The highest BCUT2D eigenvalue weighted by Gasteiger charge is 2.53. The number of rotatable bonds is 4. The zero-order chi connectivity index (χ0) is 13.9. The van der Waals surface area contributed by atoms with E-state index in [9.17, 15) is 4.79 Å². The van der Waals surface area contributed by atoms with Crippen molar-refractivity contribution in [1.29, 1.82) is 0 Å². The second-order valence-corrected chi connectivity index (χ2v) is 6.39. The standard InChI is InChI=1S/C16H18N2O2/c1-10-17-13-5-2-11(15(19)20)8-14(13)18(10)9-16(6-7-16)12-3-4-12/h2,5,8,12H,3-4,6-7,9H2,1H3,(H,19,20). The lowest BCUT2D eigenvalue weighted by Gasteiger charge is -2.17. The Labute approximate surface area is 117 Å². The van der Waals surface area contributed by atoms with E-state index in [0.717, 1.165) is 29.3 Å². The highest BCUT2D eigenvalue weighted by atomic mass is 16.4. The Morgan fingerprint density at radius 2 is 2.20 bits per heavy atom. The van der Waals surface area contributed by atoms with Gasteiger partial charge < -0.3 is 9.67 Å². The smallest absolute Gasteiger partial charge is 0.335 e. The molecule has 20 heavy (non-hydrogen) atoms. The monoisotopic (exact) mass is 270 g/mol. The molecule has 2 aliphatic rings. The van der Waals surface area contributed by atoms with Gasteiger partial charge in [0, 0.05) is 6.54 Å². The van der Waals surface area contributed by atoms with Crippen LogP contribution in [-0.2, 0) is 6.54 Å². The van der Waals surface area contributed by atoms with Crippen LogP contribution in [0.5, 0.6) is 0 Å². The zero-order valence-electron chi connectivity index (χ0n) is 11.6. The lowest BCUT2D eigenvalue weighted by Crippen LogP contribution is -2.15. The molecule has 2 fully saturated rings. The molecular weight excluding hydrogens is 252 g/mol. The zero-order valence-corrected chi connectivity index (χ0v) is 11.6. The number of fused-ring (bicyclic) bond motifs is 1. The Kier molecular flexibility index (Phi) is 2.29. The van der Waals surface area contributed by atoms with E-state index >= 15 is 0 Å². The summed E-state index contributed by atoms with van der Waals surface area (Å²) in [5.41, 5.74) is 2.70. The van der Waals surface area contributed by atoms with Crippen LogP contribution >= 0.6 is 0 Å². The van der Waals surface area contributed by atoms with Gasteiger partial charge in [-0.15, -0.1) is 0 Å². The van der Waals surface area contributed by atoms with Gasteiger partial charge in [0.2, 0.25) is 0 Å². The van der Waals surface area contributed by atoms with E-state index in [-0.39, 0.29) is 0 Å². The maximum absolute atomic E-state index is 11.1. The largest absolute Gasteiger partial charge is 0.478 e. The number of carboxylic acids is 1. The summed E-state index contributed by atoms with van der Waals surface area (Å²) in [6, 6.07) is 5.22. The third kappa shape index (κ3) is 1.74. The van der Waals surface area contributed by atoms with E-state index in [1.807, 2.05) is 13.0 Å². The summed E-state index contributed by atoms with van der Waals surface area (Å²) < 4.78 is 2.23. The van der Waals surface area contributed by atoms with Crippen LogP contribution in [0.25, 0.3) is 11.0 Å². The van der Waals surface area contributed by atoms with Gasteiger partial charge in [0.25, 0.3) is 0 Å². The van der Waals surface area contributed by atoms with Gasteiger partial charge in [-0.3, -0.25) is 0 Å². The number of hydrogen-bond donors (Lipinski definition) is 1. The van der Waals surface area contributed by atoms with Crippen LogP contribution in [0.2, 0.25) is 0 Å². The first-order valence-corrected chi connectivity index (χ1v) is 7.29. The fourth-order valence-electron chi connectivity index (χ4n) is 3.44. The van der Waals surface area contributed by atoms with E-state index in [1.165, 1.54) is 25.7 Å². The molecule has 4 heteroatoms.